The van der Waals surface area contributed by atoms with Gasteiger partial charge in [-0.1, -0.05) is 13.8 Å². The van der Waals surface area contributed by atoms with E-state index in [-0.39, 0.29) is 0 Å². The molecule has 4 heteroatoms. The van der Waals surface area contributed by atoms with E-state index in [2.05, 4.69) is 34.8 Å². The highest BCUT2D eigenvalue weighted by molar-refractivity contribution is 9.10. The van der Waals surface area contributed by atoms with Crippen LogP contribution in [0.3, 0.4) is 0 Å². The van der Waals surface area contributed by atoms with Crippen molar-refractivity contribution in [1.29, 1.82) is 0 Å². The van der Waals surface area contributed by atoms with E-state index in [1.54, 1.807) is 0 Å². The van der Waals surface area contributed by atoms with Crippen LogP contribution >= 0.6 is 15.9 Å². The van der Waals surface area contributed by atoms with Crippen LogP contribution in [0.4, 0.5) is 0 Å². The number of primary amides is 1. The van der Waals surface area contributed by atoms with Crippen molar-refractivity contribution in [1.82, 2.24) is 4.98 Å². The number of amides is 1. The van der Waals surface area contributed by atoms with Gasteiger partial charge >= 0.3 is 0 Å². The van der Waals surface area contributed by atoms with Crippen LogP contribution in [0.25, 0.3) is 0 Å². The number of aromatic nitrogens is 1. The average molecular weight is 285 g/mol. The summed E-state index contributed by atoms with van der Waals surface area (Å²) in [6.07, 6.45) is 0.915. The molecule has 0 saturated carbocycles. The van der Waals surface area contributed by atoms with E-state index >= 15 is 0 Å². The molecule has 1 aromatic rings. The zero-order valence-electron chi connectivity index (χ0n) is 10.1. The number of pyridine rings is 1. The van der Waals surface area contributed by atoms with Gasteiger partial charge in [0.05, 0.1) is 5.56 Å². The van der Waals surface area contributed by atoms with Crippen molar-refractivity contribution in [3.63, 3.8) is 0 Å². The van der Waals surface area contributed by atoms with Gasteiger partial charge in [-0.15, -0.1) is 0 Å². The van der Waals surface area contributed by atoms with Gasteiger partial charge in [0.1, 0.15) is 4.60 Å². The molecule has 1 heterocycles. The SMILES string of the molecule is Cc1nc(Br)c(C(N)=O)c(C)c1CC(C)C. The first-order valence-corrected chi connectivity index (χ1v) is 6.09. The fourth-order valence-electron chi connectivity index (χ4n) is 1.84. The van der Waals surface area contributed by atoms with Crippen molar-refractivity contribution in [3.8, 4) is 0 Å². The molecule has 16 heavy (non-hydrogen) atoms. The minimum atomic E-state index is -0.429. The number of carbonyl (C=O) groups excluding carboxylic acids is 1. The number of aryl methyl sites for hydroxylation is 1. The molecule has 0 aromatic carbocycles. The summed E-state index contributed by atoms with van der Waals surface area (Å²) in [6, 6.07) is 0. The van der Waals surface area contributed by atoms with Crippen LogP contribution in [-0.4, -0.2) is 10.9 Å². The summed E-state index contributed by atoms with van der Waals surface area (Å²) in [7, 11) is 0. The van der Waals surface area contributed by atoms with Crippen molar-refractivity contribution < 1.29 is 4.79 Å². The topological polar surface area (TPSA) is 56.0 Å². The van der Waals surface area contributed by atoms with E-state index in [0.29, 0.717) is 16.1 Å². The molecule has 0 aliphatic carbocycles. The second-order valence-corrected chi connectivity index (χ2v) is 5.18. The number of nitrogens with two attached hydrogens (primary N) is 1. The third-order valence-electron chi connectivity index (χ3n) is 2.60. The number of halogens is 1. The van der Waals surface area contributed by atoms with Crippen LogP contribution in [0.15, 0.2) is 4.60 Å². The molecular formula is C12H17BrN2O. The number of hydrogen-bond acceptors (Lipinski definition) is 2. The molecule has 0 spiro atoms. The maximum absolute atomic E-state index is 11.3. The fraction of sp³-hybridized carbons (Fsp3) is 0.500. The van der Waals surface area contributed by atoms with E-state index in [1.165, 1.54) is 0 Å². The minimum absolute atomic E-state index is 0.429. The van der Waals surface area contributed by atoms with E-state index in [0.717, 1.165) is 23.2 Å². The van der Waals surface area contributed by atoms with E-state index in [1.807, 2.05) is 13.8 Å². The van der Waals surface area contributed by atoms with Gasteiger partial charge < -0.3 is 5.73 Å². The van der Waals surface area contributed by atoms with E-state index in [4.69, 9.17) is 5.73 Å². The predicted molar refractivity (Wildman–Crippen MR) is 68.5 cm³/mol. The fourth-order valence-corrected chi connectivity index (χ4v) is 2.60. The van der Waals surface area contributed by atoms with Crippen LogP contribution in [0.2, 0.25) is 0 Å². The molecule has 2 N–H and O–H groups in total. The lowest BCUT2D eigenvalue weighted by Crippen LogP contribution is -2.17. The summed E-state index contributed by atoms with van der Waals surface area (Å²) in [5.74, 6) is 0.1000. The summed E-state index contributed by atoms with van der Waals surface area (Å²) in [5, 5.41) is 0. The molecular weight excluding hydrogens is 268 g/mol. The van der Waals surface area contributed by atoms with Gasteiger partial charge in [-0.05, 0) is 53.2 Å². The van der Waals surface area contributed by atoms with E-state index in [9.17, 15) is 4.79 Å². The zero-order chi connectivity index (χ0) is 12.5. The van der Waals surface area contributed by atoms with Crippen LogP contribution in [0.1, 0.15) is 41.0 Å². The Kier molecular flexibility index (Phi) is 4.08. The van der Waals surface area contributed by atoms with Gasteiger partial charge in [-0.3, -0.25) is 4.79 Å². The lowest BCUT2D eigenvalue weighted by Gasteiger charge is -2.15. The first-order chi connectivity index (χ1) is 7.34. The Hall–Kier alpha value is -0.900. The lowest BCUT2D eigenvalue weighted by molar-refractivity contribution is 0.0998. The summed E-state index contributed by atoms with van der Waals surface area (Å²) in [5.41, 5.74) is 8.90. The van der Waals surface area contributed by atoms with Gasteiger partial charge in [0.2, 0.25) is 0 Å². The lowest BCUT2D eigenvalue weighted by atomic mass is 9.95. The van der Waals surface area contributed by atoms with Crippen molar-refractivity contribution >= 4 is 21.8 Å². The molecule has 0 aliphatic rings. The van der Waals surface area contributed by atoms with Crippen LogP contribution in [0.5, 0.6) is 0 Å². The molecule has 0 atom stereocenters. The molecule has 0 radical (unpaired) electrons. The highest BCUT2D eigenvalue weighted by Crippen LogP contribution is 2.25. The molecule has 0 bridgehead atoms. The van der Waals surface area contributed by atoms with Gasteiger partial charge in [-0.2, -0.15) is 0 Å². The van der Waals surface area contributed by atoms with Gasteiger partial charge in [0.25, 0.3) is 5.91 Å². The van der Waals surface area contributed by atoms with Crippen LogP contribution < -0.4 is 5.73 Å². The van der Waals surface area contributed by atoms with Gasteiger partial charge in [0, 0.05) is 5.69 Å². The number of rotatable bonds is 3. The predicted octanol–water partition coefficient (Wildman–Crippen LogP) is 2.76. The average Bonchev–Trinajstić information content (AvgIpc) is 2.10. The third kappa shape index (κ3) is 2.61. The molecule has 0 saturated heterocycles. The molecule has 1 amide bonds. The summed E-state index contributed by atoms with van der Waals surface area (Å²) >= 11 is 3.29. The first-order valence-electron chi connectivity index (χ1n) is 5.30. The van der Waals surface area contributed by atoms with Crippen molar-refractivity contribution in [2.45, 2.75) is 34.1 Å². The Morgan fingerprint density at radius 1 is 1.44 bits per heavy atom. The molecule has 0 aliphatic heterocycles. The molecule has 0 fully saturated rings. The normalized spacial score (nSPS) is 10.9. The molecule has 1 aromatic heterocycles. The summed E-state index contributed by atoms with van der Waals surface area (Å²) < 4.78 is 0.544. The van der Waals surface area contributed by atoms with Crippen molar-refractivity contribution in [2.75, 3.05) is 0 Å². The Balaban J connectivity index is 3.39. The summed E-state index contributed by atoms with van der Waals surface area (Å²) in [4.78, 5) is 15.7. The quantitative estimate of drug-likeness (QED) is 0.868. The molecule has 3 nitrogen and oxygen atoms in total. The number of nitrogens with zero attached hydrogens (tertiary/aromatic N) is 1. The van der Waals surface area contributed by atoms with Crippen molar-refractivity contribution in [3.05, 3.63) is 27.0 Å². The zero-order valence-corrected chi connectivity index (χ0v) is 11.7. The van der Waals surface area contributed by atoms with E-state index < -0.39 is 5.91 Å². The maximum Gasteiger partial charge on any atom is 0.251 e. The third-order valence-corrected chi connectivity index (χ3v) is 3.17. The Morgan fingerprint density at radius 3 is 2.44 bits per heavy atom. The second kappa shape index (κ2) is 4.95. The second-order valence-electron chi connectivity index (χ2n) is 4.43. The maximum atomic E-state index is 11.3. The van der Waals surface area contributed by atoms with Crippen LogP contribution in [-0.2, 0) is 6.42 Å². The first kappa shape index (κ1) is 13.2. The van der Waals surface area contributed by atoms with Gasteiger partial charge in [0.15, 0.2) is 0 Å². The number of carbonyl (C=O) groups is 1. The van der Waals surface area contributed by atoms with Crippen LogP contribution in [0, 0.1) is 19.8 Å². The summed E-state index contributed by atoms with van der Waals surface area (Å²) in [6.45, 7) is 8.17. The number of hydrogen-bond donors (Lipinski definition) is 1. The minimum Gasteiger partial charge on any atom is -0.366 e. The van der Waals surface area contributed by atoms with Gasteiger partial charge in [-0.25, -0.2) is 4.98 Å². The molecule has 0 unspecified atom stereocenters. The monoisotopic (exact) mass is 284 g/mol. The largest absolute Gasteiger partial charge is 0.366 e. The van der Waals surface area contributed by atoms with Crippen molar-refractivity contribution in [2.24, 2.45) is 11.7 Å². The standard InChI is InChI=1S/C12H17BrN2O/c1-6(2)5-9-7(3)10(12(14)16)11(13)15-8(9)4/h6H,5H2,1-4H3,(H2,14,16). The Bertz CT molecular complexity index is 428. The molecule has 88 valence electrons. The smallest absolute Gasteiger partial charge is 0.251 e. The Labute approximate surface area is 105 Å². The highest BCUT2D eigenvalue weighted by atomic mass is 79.9. The molecule has 1 rings (SSSR count). The highest BCUT2D eigenvalue weighted by Gasteiger charge is 2.17. The Morgan fingerprint density at radius 2 is 2.00 bits per heavy atom.